The molecule has 0 saturated carbocycles. The maximum atomic E-state index is 12.3. The van der Waals surface area contributed by atoms with Crippen molar-refractivity contribution in [3.63, 3.8) is 0 Å². The molecule has 0 unspecified atom stereocenters. The van der Waals surface area contributed by atoms with Gasteiger partial charge >= 0.3 is 12.1 Å². The van der Waals surface area contributed by atoms with E-state index in [9.17, 15) is 14.4 Å². The number of carbonyl (C=O) groups is 3. The zero-order chi connectivity index (χ0) is 21.7. The van der Waals surface area contributed by atoms with Crippen LogP contribution in [0.3, 0.4) is 0 Å². The van der Waals surface area contributed by atoms with Gasteiger partial charge in [0.15, 0.2) is 0 Å². The van der Waals surface area contributed by atoms with Gasteiger partial charge in [-0.25, -0.2) is 4.79 Å². The van der Waals surface area contributed by atoms with E-state index in [1.165, 1.54) is 24.2 Å². The molecule has 1 rings (SSSR count). The van der Waals surface area contributed by atoms with Crippen LogP contribution in [0.25, 0.3) is 0 Å². The number of nitrogens with one attached hydrogen (secondary N) is 1. The lowest BCUT2D eigenvalue weighted by Gasteiger charge is -2.22. The molecule has 0 spiro atoms. The minimum atomic E-state index is -0.824. The summed E-state index contributed by atoms with van der Waals surface area (Å²) in [7, 11) is 1.57. The summed E-state index contributed by atoms with van der Waals surface area (Å²) in [6.07, 6.45) is 8.99. The molecule has 1 aliphatic rings. The van der Waals surface area contributed by atoms with Gasteiger partial charge in [0.05, 0.1) is 6.61 Å². The number of likely N-dealkylation sites (N-methyl/N-ethyl adjacent to an activating group) is 1. The molecule has 166 valence electrons. The second kappa shape index (κ2) is 13.2. The number of cyclic esters (lactones) is 1. The van der Waals surface area contributed by atoms with E-state index < -0.39 is 17.7 Å². The number of guanidine groups is 1. The third-order valence-electron chi connectivity index (χ3n) is 4.38. The quantitative estimate of drug-likeness (QED) is 0.609. The van der Waals surface area contributed by atoms with Crippen LogP contribution in [0, 0.1) is 0 Å². The van der Waals surface area contributed by atoms with Crippen LogP contribution in [-0.4, -0.2) is 54.6 Å². The topological polar surface area (TPSA) is 97.3 Å². The zero-order valence-electron chi connectivity index (χ0n) is 18.4. The molecule has 8 heteroatoms. The van der Waals surface area contributed by atoms with Crippen molar-refractivity contribution < 1.29 is 23.9 Å². The molecular weight excluding hydrogens is 374 g/mol. The molecule has 0 bridgehead atoms. The highest BCUT2D eigenvalue weighted by Gasteiger charge is 2.20. The van der Waals surface area contributed by atoms with Gasteiger partial charge in [-0.2, -0.15) is 0 Å². The van der Waals surface area contributed by atoms with Crippen LogP contribution in [0.2, 0.25) is 0 Å². The predicted molar refractivity (Wildman–Crippen MR) is 112 cm³/mol. The Morgan fingerprint density at radius 2 is 1.55 bits per heavy atom. The average Bonchev–Trinajstić information content (AvgIpc) is 2.59. The number of amides is 2. The summed E-state index contributed by atoms with van der Waals surface area (Å²) in [4.78, 5) is 41.7. The van der Waals surface area contributed by atoms with Gasteiger partial charge in [-0.15, -0.1) is 4.99 Å². The normalized spacial score (nSPS) is 21.0. The van der Waals surface area contributed by atoms with Crippen molar-refractivity contribution in [3.05, 3.63) is 0 Å². The minimum absolute atomic E-state index is 0.0117. The monoisotopic (exact) mass is 411 g/mol. The molecule has 2 amide bonds. The smallest absolute Gasteiger partial charge is 0.437 e. The molecule has 0 aromatic heterocycles. The van der Waals surface area contributed by atoms with Gasteiger partial charge in [0.2, 0.25) is 11.9 Å². The molecule has 1 fully saturated rings. The second-order valence-electron chi connectivity index (χ2n) is 8.47. The van der Waals surface area contributed by atoms with Crippen LogP contribution in [0.15, 0.2) is 4.99 Å². The Hall–Kier alpha value is -2.12. The molecule has 0 radical (unpaired) electrons. The first-order valence-corrected chi connectivity index (χ1v) is 10.7. The van der Waals surface area contributed by atoms with Crippen LogP contribution in [0.1, 0.15) is 85.0 Å². The Morgan fingerprint density at radius 3 is 2.14 bits per heavy atom. The summed E-state index contributed by atoms with van der Waals surface area (Å²) in [6, 6.07) is 0. The molecular formula is C21H37N3O5. The lowest BCUT2D eigenvalue weighted by atomic mass is 10.1. The highest BCUT2D eigenvalue weighted by Crippen LogP contribution is 2.11. The number of carbonyl (C=O) groups excluding carboxylic acids is 3. The molecule has 8 nitrogen and oxygen atoms in total. The van der Waals surface area contributed by atoms with Gasteiger partial charge in [0.1, 0.15) is 12.1 Å². The van der Waals surface area contributed by atoms with Crippen LogP contribution in [-0.2, 0) is 19.1 Å². The molecule has 0 atom stereocenters. The number of rotatable bonds is 0. The standard InChI is InChI=1S/C21H37N3O5/c1-21(2,3)29-20(27)23-19-22-17(25)14-12-10-8-6-5-7-9-11-13-15-28-18(26)16-24(19)4/h5-16H2,1-4H3,(H,22,23,25,27). The number of hydrogen-bond acceptors (Lipinski definition) is 5. The SMILES string of the molecule is CN1CC(=O)OCCCCCCCCCCCC(=O)NC1=NC(=O)OC(C)(C)C. The minimum Gasteiger partial charge on any atom is -0.464 e. The Morgan fingerprint density at radius 1 is 1.00 bits per heavy atom. The lowest BCUT2D eigenvalue weighted by Crippen LogP contribution is -2.45. The summed E-state index contributed by atoms with van der Waals surface area (Å²) in [5, 5.41) is 2.64. The van der Waals surface area contributed by atoms with Crippen LogP contribution in [0.4, 0.5) is 4.79 Å². The van der Waals surface area contributed by atoms with Gasteiger partial charge < -0.3 is 14.4 Å². The highest BCUT2D eigenvalue weighted by molar-refractivity contribution is 6.01. The number of aliphatic imine (C=N–C) groups is 1. The lowest BCUT2D eigenvalue weighted by molar-refractivity contribution is -0.144. The van der Waals surface area contributed by atoms with E-state index >= 15 is 0 Å². The van der Waals surface area contributed by atoms with Crippen molar-refractivity contribution in [2.45, 2.75) is 90.6 Å². The largest absolute Gasteiger partial charge is 0.464 e. The first-order chi connectivity index (χ1) is 13.7. The van der Waals surface area contributed by atoms with Crippen molar-refractivity contribution in [3.8, 4) is 0 Å². The van der Waals surface area contributed by atoms with Gasteiger partial charge in [-0.05, 0) is 33.6 Å². The van der Waals surface area contributed by atoms with Crippen molar-refractivity contribution in [2.24, 2.45) is 4.99 Å². The van der Waals surface area contributed by atoms with Crippen LogP contribution >= 0.6 is 0 Å². The fraction of sp³-hybridized carbons (Fsp3) is 0.810. The molecule has 0 aliphatic carbocycles. The third-order valence-corrected chi connectivity index (χ3v) is 4.38. The van der Waals surface area contributed by atoms with Crippen molar-refractivity contribution in [1.29, 1.82) is 0 Å². The molecule has 1 heterocycles. The Labute approximate surface area is 174 Å². The summed E-state index contributed by atoms with van der Waals surface area (Å²) >= 11 is 0. The van der Waals surface area contributed by atoms with Gasteiger partial charge in [0.25, 0.3) is 0 Å². The second-order valence-corrected chi connectivity index (χ2v) is 8.47. The van der Waals surface area contributed by atoms with Gasteiger partial charge in [0, 0.05) is 13.5 Å². The third kappa shape index (κ3) is 12.9. The Kier molecular flexibility index (Phi) is 11.3. The number of ether oxygens (including phenoxy) is 2. The van der Waals surface area contributed by atoms with Gasteiger partial charge in [-0.3, -0.25) is 14.9 Å². The fourth-order valence-corrected chi connectivity index (χ4v) is 2.89. The number of hydrogen-bond donors (Lipinski definition) is 1. The van der Waals surface area contributed by atoms with Gasteiger partial charge in [-0.1, -0.05) is 44.9 Å². The maximum absolute atomic E-state index is 12.3. The molecule has 1 saturated heterocycles. The molecule has 0 aromatic carbocycles. The van der Waals surface area contributed by atoms with Crippen LogP contribution in [0.5, 0.6) is 0 Å². The van der Waals surface area contributed by atoms with E-state index in [2.05, 4.69) is 10.3 Å². The predicted octanol–water partition coefficient (Wildman–Crippen LogP) is 3.78. The number of esters is 1. The summed E-state index contributed by atoms with van der Waals surface area (Å²) in [5.41, 5.74) is -0.710. The number of nitrogens with zero attached hydrogens (tertiary/aromatic N) is 2. The summed E-state index contributed by atoms with van der Waals surface area (Å²) in [6.45, 7) is 5.44. The average molecular weight is 412 g/mol. The first kappa shape index (κ1) is 24.9. The maximum Gasteiger partial charge on any atom is 0.437 e. The summed E-state index contributed by atoms with van der Waals surface area (Å²) in [5.74, 6) is -0.685. The van der Waals surface area contributed by atoms with E-state index in [1.807, 2.05) is 0 Å². The fourth-order valence-electron chi connectivity index (χ4n) is 2.89. The Bertz CT molecular complexity index is 569. The Balaban J connectivity index is 2.81. The molecule has 29 heavy (non-hydrogen) atoms. The molecule has 0 aromatic rings. The van der Waals surface area contributed by atoms with Crippen LogP contribution < -0.4 is 5.32 Å². The van der Waals surface area contributed by atoms with E-state index in [0.29, 0.717) is 13.0 Å². The highest BCUT2D eigenvalue weighted by atomic mass is 16.6. The van der Waals surface area contributed by atoms with E-state index in [-0.39, 0.29) is 18.4 Å². The van der Waals surface area contributed by atoms with E-state index in [0.717, 1.165) is 38.5 Å². The van der Waals surface area contributed by atoms with Crippen molar-refractivity contribution >= 4 is 23.9 Å². The zero-order valence-corrected chi connectivity index (χ0v) is 18.4. The molecule has 1 aliphatic heterocycles. The molecule has 1 N–H and O–H groups in total. The van der Waals surface area contributed by atoms with Crippen molar-refractivity contribution in [1.82, 2.24) is 10.2 Å². The van der Waals surface area contributed by atoms with Crippen molar-refractivity contribution in [2.75, 3.05) is 20.2 Å². The van der Waals surface area contributed by atoms with E-state index in [4.69, 9.17) is 9.47 Å². The summed E-state index contributed by atoms with van der Waals surface area (Å²) < 4.78 is 10.4. The van der Waals surface area contributed by atoms with E-state index in [1.54, 1.807) is 27.8 Å². The first-order valence-electron chi connectivity index (χ1n) is 10.7.